The third-order valence-electron chi connectivity index (χ3n) is 6.12. The summed E-state index contributed by atoms with van der Waals surface area (Å²) in [5.74, 6) is 2.46. The number of benzene rings is 1. The van der Waals surface area contributed by atoms with E-state index < -0.39 is 0 Å². The SMILES string of the molecule is COc1ccc(CC2CCN(C(=O)c3nc[nH]c3N)CC2)cc1OC1CCCC1. The molecule has 0 radical (unpaired) electrons. The van der Waals surface area contributed by atoms with Crippen molar-refractivity contribution < 1.29 is 14.3 Å². The fourth-order valence-electron chi connectivity index (χ4n) is 4.42. The van der Waals surface area contributed by atoms with Gasteiger partial charge in [-0.25, -0.2) is 4.98 Å². The molecule has 1 aliphatic heterocycles. The maximum absolute atomic E-state index is 12.6. The largest absolute Gasteiger partial charge is 0.493 e. The van der Waals surface area contributed by atoms with Crippen molar-refractivity contribution >= 4 is 11.7 Å². The number of amides is 1. The number of likely N-dealkylation sites (tertiary alicyclic amines) is 1. The van der Waals surface area contributed by atoms with Crippen molar-refractivity contribution in [3.63, 3.8) is 0 Å². The molecule has 0 atom stereocenters. The lowest BCUT2D eigenvalue weighted by Crippen LogP contribution is -2.39. The van der Waals surface area contributed by atoms with Crippen LogP contribution in [-0.4, -0.2) is 47.1 Å². The molecule has 1 saturated heterocycles. The van der Waals surface area contributed by atoms with Crippen LogP contribution >= 0.6 is 0 Å². The second kappa shape index (κ2) is 8.76. The Kier molecular flexibility index (Phi) is 5.92. The van der Waals surface area contributed by atoms with Crippen molar-refractivity contribution in [2.75, 3.05) is 25.9 Å². The first-order chi connectivity index (χ1) is 14.1. The van der Waals surface area contributed by atoms with Gasteiger partial charge in [0.25, 0.3) is 5.91 Å². The monoisotopic (exact) mass is 398 g/mol. The minimum atomic E-state index is -0.0844. The van der Waals surface area contributed by atoms with Gasteiger partial charge in [0, 0.05) is 13.1 Å². The van der Waals surface area contributed by atoms with Crippen molar-refractivity contribution in [3.8, 4) is 11.5 Å². The van der Waals surface area contributed by atoms with Crippen LogP contribution in [0.5, 0.6) is 11.5 Å². The molecule has 1 aromatic heterocycles. The normalized spacial score (nSPS) is 18.2. The van der Waals surface area contributed by atoms with E-state index in [0.717, 1.165) is 56.7 Å². The van der Waals surface area contributed by atoms with Crippen LogP contribution < -0.4 is 15.2 Å². The Bertz CT molecular complexity index is 836. The molecule has 0 bridgehead atoms. The number of methoxy groups -OCH3 is 1. The number of ether oxygens (including phenoxy) is 2. The van der Waals surface area contributed by atoms with Crippen LogP contribution in [0.25, 0.3) is 0 Å². The fraction of sp³-hybridized carbons (Fsp3) is 0.545. The molecule has 7 heteroatoms. The van der Waals surface area contributed by atoms with Crippen LogP contribution in [0.2, 0.25) is 0 Å². The number of nitrogens with zero attached hydrogens (tertiary/aromatic N) is 2. The molecule has 29 heavy (non-hydrogen) atoms. The van der Waals surface area contributed by atoms with Gasteiger partial charge in [-0.3, -0.25) is 4.79 Å². The summed E-state index contributed by atoms with van der Waals surface area (Å²) in [5.41, 5.74) is 7.38. The number of carbonyl (C=O) groups excluding carboxylic acids is 1. The third kappa shape index (κ3) is 4.49. The molecule has 1 aliphatic carbocycles. The van der Waals surface area contributed by atoms with Gasteiger partial charge in [0.05, 0.1) is 19.5 Å². The number of hydrogen-bond acceptors (Lipinski definition) is 5. The molecule has 1 saturated carbocycles. The maximum atomic E-state index is 12.6. The summed E-state index contributed by atoms with van der Waals surface area (Å²) in [6.45, 7) is 1.47. The van der Waals surface area contributed by atoms with Crippen molar-refractivity contribution in [2.24, 2.45) is 5.92 Å². The molecule has 3 N–H and O–H groups in total. The highest BCUT2D eigenvalue weighted by Gasteiger charge is 2.26. The second-order valence-electron chi connectivity index (χ2n) is 8.11. The summed E-state index contributed by atoms with van der Waals surface area (Å²) in [6, 6.07) is 6.28. The molecule has 0 spiro atoms. The smallest absolute Gasteiger partial charge is 0.276 e. The van der Waals surface area contributed by atoms with Crippen molar-refractivity contribution in [1.29, 1.82) is 0 Å². The van der Waals surface area contributed by atoms with Gasteiger partial charge in [-0.15, -0.1) is 0 Å². The van der Waals surface area contributed by atoms with Crippen LogP contribution in [0.1, 0.15) is 54.6 Å². The molecule has 4 rings (SSSR count). The molecule has 1 aromatic carbocycles. The quantitative estimate of drug-likeness (QED) is 0.778. The topological polar surface area (TPSA) is 93.5 Å². The average Bonchev–Trinajstić information content (AvgIpc) is 3.40. The number of imidazole rings is 1. The van der Waals surface area contributed by atoms with E-state index >= 15 is 0 Å². The molecular weight excluding hydrogens is 368 g/mol. The summed E-state index contributed by atoms with van der Waals surface area (Å²) < 4.78 is 11.7. The van der Waals surface area contributed by atoms with Gasteiger partial charge in [0.15, 0.2) is 17.2 Å². The Balaban J connectivity index is 1.35. The first-order valence-electron chi connectivity index (χ1n) is 10.6. The molecule has 2 aromatic rings. The molecular formula is C22H30N4O3. The van der Waals surface area contributed by atoms with Gasteiger partial charge in [-0.05, 0) is 68.6 Å². The van der Waals surface area contributed by atoms with Gasteiger partial charge < -0.3 is 25.1 Å². The van der Waals surface area contributed by atoms with Gasteiger partial charge in [-0.1, -0.05) is 6.07 Å². The molecule has 0 unspecified atom stereocenters. The Labute approximate surface area is 171 Å². The fourth-order valence-corrected chi connectivity index (χ4v) is 4.42. The molecule has 7 nitrogen and oxygen atoms in total. The number of piperidine rings is 1. The van der Waals surface area contributed by atoms with Gasteiger partial charge in [0.1, 0.15) is 5.82 Å². The van der Waals surface area contributed by atoms with Gasteiger partial charge in [0.2, 0.25) is 0 Å². The number of carbonyl (C=O) groups is 1. The van der Waals surface area contributed by atoms with E-state index in [-0.39, 0.29) is 5.91 Å². The zero-order chi connectivity index (χ0) is 20.2. The molecule has 156 valence electrons. The average molecular weight is 399 g/mol. The van der Waals surface area contributed by atoms with Gasteiger partial charge in [-0.2, -0.15) is 0 Å². The van der Waals surface area contributed by atoms with E-state index in [4.69, 9.17) is 15.2 Å². The number of nitrogens with one attached hydrogen (secondary N) is 1. The molecule has 2 fully saturated rings. The van der Waals surface area contributed by atoms with E-state index in [0.29, 0.717) is 23.5 Å². The van der Waals surface area contributed by atoms with Crippen molar-refractivity contribution in [3.05, 3.63) is 35.8 Å². The number of nitrogen functional groups attached to an aromatic ring is 1. The summed E-state index contributed by atoms with van der Waals surface area (Å²) in [7, 11) is 1.69. The zero-order valence-corrected chi connectivity index (χ0v) is 17.0. The molecule has 2 heterocycles. The number of H-pyrrole nitrogens is 1. The summed E-state index contributed by atoms with van der Waals surface area (Å²) >= 11 is 0. The predicted molar refractivity (Wildman–Crippen MR) is 111 cm³/mol. The van der Waals surface area contributed by atoms with Gasteiger partial charge >= 0.3 is 0 Å². The number of nitrogens with two attached hydrogens (primary N) is 1. The maximum Gasteiger partial charge on any atom is 0.276 e. The Hall–Kier alpha value is -2.70. The summed E-state index contributed by atoms with van der Waals surface area (Å²) in [4.78, 5) is 21.2. The standard InChI is InChI=1S/C22H30N4O3/c1-28-18-7-6-16(13-19(18)29-17-4-2-3-5-17)12-15-8-10-26(11-9-15)22(27)20-21(23)25-14-24-20/h6-7,13-15,17H,2-5,8-12,23H2,1H3,(H,24,25). The number of anilines is 1. The Morgan fingerprint density at radius 3 is 2.62 bits per heavy atom. The van der Waals surface area contributed by atoms with Crippen LogP contribution in [0.4, 0.5) is 5.82 Å². The number of aromatic nitrogens is 2. The van der Waals surface area contributed by atoms with Crippen molar-refractivity contribution in [1.82, 2.24) is 14.9 Å². The predicted octanol–water partition coefficient (Wildman–Crippen LogP) is 3.42. The highest BCUT2D eigenvalue weighted by atomic mass is 16.5. The lowest BCUT2D eigenvalue weighted by atomic mass is 9.90. The van der Waals surface area contributed by atoms with E-state index in [2.05, 4.69) is 22.1 Å². The third-order valence-corrected chi connectivity index (χ3v) is 6.12. The first-order valence-corrected chi connectivity index (χ1v) is 10.6. The van der Waals surface area contributed by atoms with Crippen LogP contribution in [0.3, 0.4) is 0 Å². The minimum Gasteiger partial charge on any atom is -0.493 e. The van der Waals surface area contributed by atoms with Crippen LogP contribution in [-0.2, 0) is 6.42 Å². The highest BCUT2D eigenvalue weighted by molar-refractivity contribution is 5.96. The number of aromatic amines is 1. The lowest BCUT2D eigenvalue weighted by molar-refractivity contribution is 0.0686. The summed E-state index contributed by atoms with van der Waals surface area (Å²) in [5, 5.41) is 0. The minimum absolute atomic E-state index is 0.0844. The Morgan fingerprint density at radius 1 is 1.21 bits per heavy atom. The van der Waals surface area contributed by atoms with E-state index in [1.54, 1.807) is 7.11 Å². The van der Waals surface area contributed by atoms with E-state index in [1.807, 2.05) is 11.0 Å². The van der Waals surface area contributed by atoms with Crippen LogP contribution in [0.15, 0.2) is 24.5 Å². The van der Waals surface area contributed by atoms with Crippen LogP contribution in [0, 0.1) is 5.92 Å². The highest BCUT2D eigenvalue weighted by Crippen LogP contribution is 2.34. The second-order valence-corrected chi connectivity index (χ2v) is 8.11. The van der Waals surface area contributed by atoms with E-state index in [9.17, 15) is 4.79 Å². The molecule has 1 amide bonds. The summed E-state index contributed by atoms with van der Waals surface area (Å²) in [6.07, 6.45) is 9.44. The first kappa shape index (κ1) is 19.6. The van der Waals surface area contributed by atoms with E-state index in [1.165, 1.54) is 24.7 Å². The molecule has 2 aliphatic rings. The Morgan fingerprint density at radius 2 is 1.97 bits per heavy atom. The van der Waals surface area contributed by atoms with Crippen molar-refractivity contribution in [2.45, 2.75) is 51.0 Å². The number of hydrogen-bond donors (Lipinski definition) is 2. The lowest BCUT2D eigenvalue weighted by Gasteiger charge is -2.32. The zero-order valence-electron chi connectivity index (χ0n) is 17.0. The number of rotatable bonds is 6.